The molecule has 2 aromatic heterocycles. The number of hydrogen-bond acceptors (Lipinski definition) is 13. The second-order valence-electron chi connectivity index (χ2n) is 15.3. The molecule has 15 heteroatoms. The molecule has 6 heterocycles. The fourth-order valence-corrected chi connectivity index (χ4v) is 8.50. The van der Waals surface area contributed by atoms with Gasteiger partial charge in [-0.15, -0.1) is 8.78 Å². The number of halogens is 2. The van der Waals surface area contributed by atoms with Gasteiger partial charge in [-0.3, -0.25) is 0 Å². The third kappa shape index (κ3) is 8.28. The van der Waals surface area contributed by atoms with Crippen molar-refractivity contribution < 1.29 is 23.0 Å². The van der Waals surface area contributed by atoms with E-state index in [0.29, 0.717) is 34.9 Å². The molecule has 0 spiro atoms. The van der Waals surface area contributed by atoms with Crippen molar-refractivity contribution in [3.05, 3.63) is 70.6 Å². The fraction of sp³-hybridized carbons (Fsp3) is 0.463. The van der Waals surface area contributed by atoms with Gasteiger partial charge >= 0.3 is 6.29 Å². The molecule has 4 aromatic rings. The maximum atomic E-state index is 13.8. The molecule has 0 amide bonds. The summed E-state index contributed by atoms with van der Waals surface area (Å²) in [6.07, 6.45) is 3.57. The Morgan fingerprint density at radius 3 is 2.12 bits per heavy atom. The van der Waals surface area contributed by atoms with Gasteiger partial charge in [0, 0.05) is 73.6 Å². The van der Waals surface area contributed by atoms with Crippen LogP contribution in [0.25, 0.3) is 5.57 Å². The van der Waals surface area contributed by atoms with E-state index >= 15 is 0 Å². The summed E-state index contributed by atoms with van der Waals surface area (Å²) in [4.78, 5) is 20.0. The predicted octanol–water partition coefficient (Wildman–Crippen LogP) is 7.22. The first-order chi connectivity index (χ1) is 27.0. The Bertz CT molecular complexity index is 2120. The van der Waals surface area contributed by atoms with Gasteiger partial charge in [0.15, 0.2) is 11.5 Å². The smallest absolute Gasteiger partial charge is 0.493 e. The highest BCUT2D eigenvalue weighted by molar-refractivity contribution is 5.79. The molecule has 1 saturated heterocycles. The van der Waals surface area contributed by atoms with E-state index in [-0.39, 0.29) is 11.5 Å². The molecule has 9 rings (SSSR count). The minimum absolute atomic E-state index is 0.00463. The molecule has 13 nitrogen and oxygen atoms in total. The van der Waals surface area contributed by atoms with Gasteiger partial charge < -0.3 is 45.7 Å². The predicted molar refractivity (Wildman–Crippen MR) is 214 cm³/mol. The number of anilines is 6. The molecule has 2 unspecified atom stereocenters. The summed E-state index contributed by atoms with van der Waals surface area (Å²) in [6.45, 7) is 8.66. The first-order valence-corrected chi connectivity index (χ1v) is 19.5. The SMILES string of the molecule is CNc1cc(C)nc(Nc2cc3c(c(C4=CCN(C)CCC4)c2)OC(F)(F)O3)n1.CNc1cc(C)nc(Nc2cc3c(c(C4CC5CNCC5C4)c2)OCC3)n1. The van der Waals surface area contributed by atoms with E-state index < -0.39 is 6.29 Å². The molecule has 1 aliphatic carbocycles. The standard InChI is InChI=1S/C21H27N5O.C20H23F2N5O2/c1-12-5-19(22-2)26-21(24-12)25-17-8-13-3-4-27-20(13)18(9-17)14-6-15-10-23-11-16(15)7-14;1-12-9-17(23-2)26-19(24-12)25-14-10-15(13-5-4-7-27(3)8-6-13)18-16(11-14)28-20(21,22)29-18/h5,8-9,14-16,23H,3-4,6-7,10-11H2,1-2H3,(H2,22,24,25,26);6,9-11H,4-5,7-8H2,1-3H3,(H2,23,24,25,26). The van der Waals surface area contributed by atoms with Gasteiger partial charge in [-0.05, 0) is 119 Å². The molecule has 296 valence electrons. The molecule has 4 aliphatic heterocycles. The highest BCUT2D eigenvalue weighted by atomic mass is 19.3. The fourth-order valence-electron chi connectivity index (χ4n) is 8.50. The number of benzene rings is 2. The van der Waals surface area contributed by atoms with Gasteiger partial charge in [0.25, 0.3) is 0 Å². The molecular formula is C41H50F2N10O3. The summed E-state index contributed by atoms with van der Waals surface area (Å²) in [7, 11) is 5.67. The topological polar surface area (TPSA) is 143 Å². The Hall–Kier alpha value is -5.28. The summed E-state index contributed by atoms with van der Waals surface area (Å²) < 4.78 is 43.2. The van der Waals surface area contributed by atoms with Crippen LogP contribution in [0.3, 0.4) is 0 Å². The lowest BCUT2D eigenvalue weighted by Crippen LogP contribution is -2.26. The second kappa shape index (κ2) is 15.7. The number of nitrogens with zero attached hydrogens (tertiary/aromatic N) is 5. The van der Waals surface area contributed by atoms with E-state index in [1.807, 2.05) is 40.1 Å². The van der Waals surface area contributed by atoms with Crippen LogP contribution in [0.2, 0.25) is 0 Å². The molecule has 5 N–H and O–H groups in total. The van der Waals surface area contributed by atoms with Crippen LogP contribution < -0.4 is 40.8 Å². The van der Waals surface area contributed by atoms with Crippen LogP contribution in [0.4, 0.5) is 43.7 Å². The van der Waals surface area contributed by atoms with Crippen LogP contribution in [-0.4, -0.2) is 85.1 Å². The Labute approximate surface area is 326 Å². The first-order valence-electron chi connectivity index (χ1n) is 19.5. The molecule has 2 atom stereocenters. The molecule has 0 radical (unpaired) electrons. The summed E-state index contributed by atoms with van der Waals surface area (Å²) >= 11 is 0. The van der Waals surface area contributed by atoms with E-state index in [1.165, 1.54) is 43.1 Å². The molecule has 56 heavy (non-hydrogen) atoms. The van der Waals surface area contributed by atoms with Gasteiger partial charge in [0.1, 0.15) is 17.4 Å². The van der Waals surface area contributed by atoms with Crippen molar-refractivity contribution in [2.75, 3.05) is 75.2 Å². The van der Waals surface area contributed by atoms with Crippen molar-refractivity contribution in [2.45, 2.75) is 58.2 Å². The van der Waals surface area contributed by atoms with E-state index in [2.05, 4.69) is 69.6 Å². The zero-order chi connectivity index (χ0) is 39.0. The van der Waals surface area contributed by atoms with E-state index in [0.717, 1.165) is 85.0 Å². The summed E-state index contributed by atoms with van der Waals surface area (Å²) in [5, 5.41) is 16.1. The van der Waals surface area contributed by atoms with E-state index in [1.54, 1.807) is 13.1 Å². The molecule has 0 bridgehead atoms. The number of alkyl halides is 2. The maximum absolute atomic E-state index is 13.8. The van der Waals surface area contributed by atoms with Crippen LogP contribution in [0.15, 0.2) is 42.5 Å². The highest BCUT2D eigenvalue weighted by Crippen LogP contribution is 2.50. The molecular weight excluding hydrogens is 719 g/mol. The van der Waals surface area contributed by atoms with Gasteiger partial charge in [-0.2, -0.15) is 9.97 Å². The summed E-state index contributed by atoms with van der Waals surface area (Å²) in [5.41, 5.74) is 7.57. The average molecular weight is 769 g/mol. The lowest BCUT2D eigenvalue weighted by molar-refractivity contribution is -0.286. The van der Waals surface area contributed by atoms with Gasteiger partial charge in [-0.25, -0.2) is 9.97 Å². The van der Waals surface area contributed by atoms with Crippen molar-refractivity contribution in [1.82, 2.24) is 30.2 Å². The zero-order valence-corrected chi connectivity index (χ0v) is 32.6. The number of rotatable bonds is 8. The first kappa shape index (κ1) is 37.6. The normalized spacial score (nSPS) is 21.8. The van der Waals surface area contributed by atoms with Crippen LogP contribution in [0.1, 0.15) is 59.7 Å². The van der Waals surface area contributed by atoms with Crippen molar-refractivity contribution in [2.24, 2.45) is 11.8 Å². The van der Waals surface area contributed by atoms with Crippen molar-refractivity contribution >= 4 is 40.5 Å². The molecule has 2 aromatic carbocycles. The van der Waals surface area contributed by atoms with E-state index in [9.17, 15) is 8.78 Å². The Morgan fingerprint density at radius 2 is 1.46 bits per heavy atom. The number of allylic oxidation sites excluding steroid dienone is 1. The number of fused-ring (bicyclic) bond motifs is 3. The number of likely N-dealkylation sites (N-methyl/N-ethyl adjacent to an activating group) is 1. The van der Waals surface area contributed by atoms with Crippen molar-refractivity contribution in [3.63, 3.8) is 0 Å². The number of aryl methyl sites for hydroxylation is 2. The maximum Gasteiger partial charge on any atom is 0.586 e. The molecule has 2 fully saturated rings. The number of nitrogens with one attached hydrogen (secondary N) is 5. The number of aromatic nitrogens is 4. The molecule has 1 saturated carbocycles. The van der Waals surface area contributed by atoms with Crippen LogP contribution in [-0.2, 0) is 6.42 Å². The third-order valence-corrected chi connectivity index (χ3v) is 11.1. The second-order valence-corrected chi connectivity index (χ2v) is 15.3. The van der Waals surface area contributed by atoms with E-state index in [4.69, 9.17) is 14.2 Å². The minimum Gasteiger partial charge on any atom is -0.493 e. The minimum atomic E-state index is -3.68. The number of ether oxygens (including phenoxy) is 3. The quantitative estimate of drug-likeness (QED) is 0.123. The van der Waals surface area contributed by atoms with Crippen molar-refractivity contribution in [1.29, 1.82) is 0 Å². The van der Waals surface area contributed by atoms with Crippen LogP contribution in [0, 0.1) is 25.7 Å². The van der Waals surface area contributed by atoms with Gasteiger partial charge in [0.05, 0.1) is 6.61 Å². The monoisotopic (exact) mass is 768 g/mol. The van der Waals surface area contributed by atoms with Crippen LogP contribution in [0.5, 0.6) is 17.2 Å². The third-order valence-electron chi connectivity index (χ3n) is 11.1. The Balaban J connectivity index is 0.000000158. The highest BCUT2D eigenvalue weighted by Gasteiger charge is 2.45. The lowest BCUT2D eigenvalue weighted by Gasteiger charge is -2.18. The van der Waals surface area contributed by atoms with Crippen LogP contribution >= 0.6 is 0 Å². The summed E-state index contributed by atoms with van der Waals surface area (Å²) in [5.74, 6) is 5.92. The largest absolute Gasteiger partial charge is 0.586 e. The zero-order valence-electron chi connectivity index (χ0n) is 32.6. The Morgan fingerprint density at radius 1 is 0.804 bits per heavy atom. The lowest BCUT2D eigenvalue weighted by atomic mass is 9.92. The summed E-state index contributed by atoms with van der Waals surface area (Å²) in [6, 6.07) is 11.5. The average Bonchev–Trinajstić information content (AvgIpc) is 3.93. The number of hydrogen-bond donors (Lipinski definition) is 5. The van der Waals surface area contributed by atoms with Gasteiger partial charge in [0.2, 0.25) is 11.9 Å². The van der Waals surface area contributed by atoms with Crippen molar-refractivity contribution in [3.8, 4) is 17.2 Å². The molecule has 5 aliphatic rings. The Kier molecular flexibility index (Phi) is 10.5. The van der Waals surface area contributed by atoms with Gasteiger partial charge in [-0.1, -0.05) is 6.08 Å².